The zero-order valence-electron chi connectivity index (χ0n) is 13.1. The first-order valence-electron chi connectivity index (χ1n) is 7.41. The van der Waals surface area contributed by atoms with E-state index in [2.05, 4.69) is 29.8 Å². The van der Waals surface area contributed by atoms with Crippen LogP contribution in [0.25, 0.3) is 0 Å². The molecule has 0 atom stereocenters. The van der Waals surface area contributed by atoms with Gasteiger partial charge in [0, 0.05) is 38.9 Å². The maximum atomic E-state index is 12.3. The summed E-state index contributed by atoms with van der Waals surface area (Å²) in [6.07, 6.45) is 0.916. The maximum Gasteiger partial charge on any atom is 0.251 e. The molecule has 0 unspecified atom stereocenters. The Hall–Kier alpha value is -1.75. The minimum absolute atomic E-state index is 0.0275. The lowest BCUT2D eigenvalue weighted by atomic mass is 9.89. The molecule has 1 aliphatic heterocycles. The van der Waals surface area contributed by atoms with Crippen molar-refractivity contribution in [2.45, 2.75) is 20.3 Å². The van der Waals surface area contributed by atoms with Gasteiger partial charge in [0.2, 0.25) is 0 Å². The molecule has 1 heterocycles. The summed E-state index contributed by atoms with van der Waals surface area (Å²) in [6, 6.07) is 5.71. The molecule has 0 radical (unpaired) electrons. The average Bonchev–Trinajstić information content (AvgIpc) is 2.50. The SMILES string of the molecule is COCCC(C)(C)CNC(=O)c1ccc2c(c1)NCCN2. The third-order valence-corrected chi connectivity index (χ3v) is 3.75. The van der Waals surface area contributed by atoms with E-state index in [1.807, 2.05) is 18.2 Å². The molecule has 1 amide bonds. The minimum Gasteiger partial charge on any atom is -0.385 e. The van der Waals surface area contributed by atoms with Gasteiger partial charge in [0.15, 0.2) is 0 Å². The fourth-order valence-electron chi connectivity index (χ4n) is 2.27. The number of hydrogen-bond acceptors (Lipinski definition) is 4. The summed E-state index contributed by atoms with van der Waals surface area (Å²) in [5.41, 5.74) is 2.76. The summed E-state index contributed by atoms with van der Waals surface area (Å²) < 4.78 is 5.10. The predicted molar refractivity (Wildman–Crippen MR) is 86.0 cm³/mol. The predicted octanol–water partition coefficient (Wildman–Crippen LogP) is 2.32. The Bertz CT molecular complexity index is 500. The molecule has 3 N–H and O–H groups in total. The number of ether oxygens (including phenoxy) is 1. The van der Waals surface area contributed by atoms with E-state index in [4.69, 9.17) is 4.74 Å². The summed E-state index contributed by atoms with van der Waals surface area (Å²) in [4.78, 5) is 12.3. The molecule has 0 aliphatic carbocycles. The van der Waals surface area contributed by atoms with Crippen molar-refractivity contribution in [3.8, 4) is 0 Å². The van der Waals surface area contributed by atoms with Crippen LogP contribution in [0.15, 0.2) is 18.2 Å². The summed E-state index contributed by atoms with van der Waals surface area (Å²) in [6.45, 7) is 7.39. The second kappa shape index (κ2) is 6.80. The Balaban J connectivity index is 1.94. The number of nitrogens with one attached hydrogen (secondary N) is 3. The first-order chi connectivity index (χ1) is 10.0. The number of methoxy groups -OCH3 is 1. The summed E-state index contributed by atoms with van der Waals surface area (Å²) >= 11 is 0. The second-order valence-corrected chi connectivity index (χ2v) is 6.20. The van der Waals surface area contributed by atoms with Crippen LogP contribution in [0, 0.1) is 5.41 Å². The Morgan fingerprint density at radius 1 is 1.29 bits per heavy atom. The highest BCUT2D eigenvalue weighted by molar-refractivity contribution is 5.96. The fourth-order valence-corrected chi connectivity index (χ4v) is 2.27. The van der Waals surface area contributed by atoms with Crippen LogP contribution in [0.3, 0.4) is 0 Å². The van der Waals surface area contributed by atoms with Crippen molar-refractivity contribution in [1.29, 1.82) is 0 Å². The van der Waals surface area contributed by atoms with Gasteiger partial charge in [-0.05, 0) is 30.0 Å². The van der Waals surface area contributed by atoms with Gasteiger partial charge in [-0.1, -0.05) is 13.8 Å². The Labute approximate surface area is 126 Å². The minimum atomic E-state index is -0.0318. The van der Waals surface area contributed by atoms with E-state index < -0.39 is 0 Å². The lowest BCUT2D eigenvalue weighted by molar-refractivity contribution is 0.0921. The largest absolute Gasteiger partial charge is 0.385 e. The van der Waals surface area contributed by atoms with Gasteiger partial charge >= 0.3 is 0 Å². The number of anilines is 2. The quantitative estimate of drug-likeness (QED) is 0.752. The van der Waals surface area contributed by atoms with Crippen LogP contribution >= 0.6 is 0 Å². The Morgan fingerprint density at radius 3 is 2.71 bits per heavy atom. The van der Waals surface area contributed by atoms with E-state index >= 15 is 0 Å². The molecule has 5 heteroatoms. The molecule has 1 aromatic rings. The van der Waals surface area contributed by atoms with Crippen LogP contribution < -0.4 is 16.0 Å². The molecule has 0 saturated heterocycles. The zero-order valence-corrected chi connectivity index (χ0v) is 13.1. The molecule has 116 valence electrons. The number of carbonyl (C=O) groups is 1. The van der Waals surface area contributed by atoms with Gasteiger partial charge in [-0.15, -0.1) is 0 Å². The van der Waals surface area contributed by atoms with Crippen LogP contribution in [0.5, 0.6) is 0 Å². The van der Waals surface area contributed by atoms with Gasteiger partial charge in [0.25, 0.3) is 5.91 Å². The summed E-state index contributed by atoms with van der Waals surface area (Å²) in [5.74, 6) is -0.0318. The summed E-state index contributed by atoms with van der Waals surface area (Å²) in [5, 5.41) is 9.61. The van der Waals surface area contributed by atoms with Crippen molar-refractivity contribution >= 4 is 17.3 Å². The first-order valence-corrected chi connectivity index (χ1v) is 7.41. The smallest absolute Gasteiger partial charge is 0.251 e. The van der Waals surface area contributed by atoms with E-state index in [0.717, 1.165) is 30.9 Å². The monoisotopic (exact) mass is 291 g/mol. The van der Waals surface area contributed by atoms with Gasteiger partial charge in [0.05, 0.1) is 11.4 Å². The Kier molecular flexibility index (Phi) is 5.07. The molecule has 5 nitrogen and oxygen atoms in total. The molecule has 0 bridgehead atoms. The van der Waals surface area contributed by atoms with Crippen molar-refractivity contribution in [1.82, 2.24) is 5.32 Å². The lowest BCUT2D eigenvalue weighted by Crippen LogP contribution is -2.34. The van der Waals surface area contributed by atoms with Gasteiger partial charge in [-0.25, -0.2) is 0 Å². The highest BCUT2D eigenvalue weighted by atomic mass is 16.5. The van der Waals surface area contributed by atoms with E-state index in [1.54, 1.807) is 7.11 Å². The number of fused-ring (bicyclic) bond motifs is 1. The molecule has 1 aromatic carbocycles. The number of carbonyl (C=O) groups excluding carboxylic acids is 1. The van der Waals surface area contributed by atoms with Crippen molar-refractivity contribution in [2.75, 3.05) is 44.0 Å². The van der Waals surface area contributed by atoms with Gasteiger partial charge in [-0.2, -0.15) is 0 Å². The van der Waals surface area contributed by atoms with E-state index in [1.165, 1.54) is 0 Å². The van der Waals surface area contributed by atoms with Crippen LogP contribution in [-0.2, 0) is 4.74 Å². The molecule has 0 fully saturated rings. The number of benzene rings is 1. The molecule has 0 saturated carbocycles. The van der Waals surface area contributed by atoms with Gasteiger partial charge in [-0.3, -0.25) is 4.79 Å². The van der Waals surface area contributed by atoms with Gasteiger partial charge < -0.3 is 20.7 Å². The molecule has 1 aliphatic rings. The van der Waals surface area contributed by atoms with Crippen LogP contribution in [-0.4, -0.2) is 39.3 Å². The fraction of sp³-hybridized carbons (Fsp3) is 0.562. The first kappa shape index (κ1) is 15.6. The van der Waals surface area contributed by atoms with Crippen LogP contribution in [0.1, 0.15) is 30.6 Å². The standard InChI is InChI=1S/C16H25N3O2/c1-16(2,6-9-21-3)11-19-15(20)12-4-5-13-14(10-12)18-8-7-17-13/h4-5,10,17-18H,6-9,11H2,1-3H3,(H,19,20). The highest BCUT2D eigenvalue weighted by Gasteiger charge is 2.19. The number of rotatable bonds is 6. The third kappa shape index (κ3) is 4.36. The number of hydrogen-bond donors (Lipinski definition) is 3. The Morgan fingerprint density at radius 2 is 2.00 bits per heavy atom. The normalized spacial score (nSPS) is 13.9. The van der Waals surface area contributed by atoms with E-state index in [9.17, 15) is 4.79 Å². The molecule has 0 aromatic heterocycles. The van der Waals surface area contributed by atoms with E-state index in [-0.39, 0.29) is 11.3 Å². The molecule has 21 heavy (non-hydrogen) atoms. The van der Waals surface area contributed by atoms with Gasteiger partial charge in [0.1, 0.15) is 0 Å². The number of amides is 1. The molecular formula is C16H25N3O2. The van der Waals surface area contributed by atoms with Crippen molar-refractivity contribution in [2.24, 2.45) is 5.41 Å². The topological polar surface area (TPSA) is 62.4 Å². The third-order valence-electron chi connectivity index (χ3n) is 3.75. The lowest BCUT2D eigenvalue weighted by Gasteiger charge is -2.25. The average molecular weight is 291 g/mol. The van der Waals surface area contributed by atoms with Crippen molar-refractivity contribution in [3.05, 3.63) is 23.8 Å². The molecular weight excluding hydrogens is 266 g/mol. The summed E-state index contributed by atoms with van der Waals surface area (Å²) in [7, 11) is 1.70. The zero-order chi connectivity index (χ0) is 15.3. The van der Waals surface area contributed by atoms with Crippen molar-refractivity contribution < 1.29 is 9.53 Å². The van der Waals surface area contributed by atoms with Crippen LogP contribution in [0.4, 0.5) is 11.4 Å². The van der Waals surface area contributed by atoms with Crippen molar-refractivity contribution in [3.63, 3.8) is 0 Å². The molecule has 2 rings (SSSR count). The van der Waals surface area contributed by atoms with E-state index in [0.29, 0.717) is 18.7 Å². The highest BCUT2D eigenvalue weighted by Crippen LogP contribution is 2.25. The second-order valence-electron chi connectivity index (χ2n) is 6.20. The maximum absolute atomic E-state index is 12.3. The molecule has 0 spiro atoms. The van der Waals surface area contributed by atoms with Crippen LogP contribution in [0.2, 0.25) is 0 Å².